The van der Waals surface area contributed by atoms with Gasteiger partial charge in [-0.15, -0.1) is 11.3 Å². The summed E-state index contributed by atoms with van der Waals surface area (Å²) in [5.74, 6) is -2.07. The second-order valence-corrected chi connectivity index (χ2v) is 7.16. The Morgan fingerprint density at radius 2 is 1.73 bits per heavy atom. The van der Waals surface area contributed by atoms with Crippen LogP contribution in [0.15, 0.2) is 39.5 Å². The predicted octanol–water partition coefficient (Wildman–Crippen LogP) is 3.77. The molecule has 0 spiro atoms. The van der Waals surface area contributed by atoms with Gasteiger partial charge in [0.1, 0.15) is 21.0 Å². The minimum Gasteiger partial charge on any atom is -0.462 e. The Kier molecular flexibility index (Phi) is 6.31. The Hall–Kier alpha value is -3.46. The lowest BCUT2D eigenvalue weighted by molar-refractivity contribution is 0.0527. The first kappa shape index (κ1) is 21.3. The molecule has 2 aromatic heterocycles. The summed E-state index contributed by atoms with van der Waals surface area (Å²) in [5, 5.41) is 3.20. The number of esters is 2. The molecule has 1 amide bonds. The van der Waals surface area contributed by atoms with E-state index < -0.39 is 23.5 Å². The summed E-state index contributed by atoms with van der Waals surface area (Å²) in [6.45, 7) is 5.14. The molecule has 0 saturated heterocycles. The quantitative estimate of drug-likeness (QED) is 0.469. The molecular formula is C21H19NO7S. The van der Waals surface area contributed by atoms with Crippen molar-refractivity contribution >= 4 is 45.2 Å². The highest BCUT2D eigenvalue weighted by molar-refractivity contribution is 7.18. The number of carbonyl (C=O) groups is 3. The third-order valence-corrected chi connectivity index (χ3v) is 5.39. The zero-order valence-electron chi connectivity index (χ0n) is 16.6. The molecule has 0 atom stereocenters. The van der Waals surface area contributed by atoms with Crippen molar-refractivity contribution in [2.75, 3.05) is 18.5 Å². The van der Waals surface area contributed by atoms with Crippen molar-refractivity contribution in [1.29, 1.82) is 0 Å². The average molecular weight is 429 g/mol. The minimum absolute atomic E-state index is 0.0448. The first-order chi connectivity index (χ1) is 14.4. The smallest absolute Gasteiger partial charge is 0.349 e. The molecule has 0 fully saturated rings. The lowest BCUT2D eigenvalue weighted by Gasteiger charge is -2.07. The van der Waals surface area contributed by atoms with Gasteiger partial charge in [0.2, 0.25) is 0 Å². The zero-order valence-corrected chi connectivity index (χ0v) is 17.4. The average Bonchev–Trinajstić information content (AvgIpc) is 3.03. The molecule has 3 rings (SSSR count). The normalized spacial score (nSPS) is 10.6. The van der Waals surface area contributed by atoms with Gasteiger partial charge in [-0.25, -0.2) is 14.4 Å². The Balaban J connectivity index is 2.02. The van der Waals surface area contributed by atoms with Crippen LogP contribution in [0.25, 0.3) is 11.0 Å². The fraction of sp³-hybridized carbons (Fsp3) is 0.238. The molecule has 1 aromatic carbocycles. The summed E-state index contributed by atoms with van der Waals surface area (Å²) in [4.78, 5) is 49.9. The second kappa shape index (κ2) is 8.91. The van der Waals surface area contributed by atoms with Crippen LogP contribution in [0.2, 0.25) is 0 Å². The number of para-hydroxylation sites is 1. The Bertz CT molecular complexity index is 1190. The summed E-state index contributed by atoms with van der Waals surface area (Å²) in [5.41, 5.74) is -0.320. The Morgan fingerprint density at radius 1 is 1.07 bits per heavy atom. The van der Waals surface area contributed by atoms with Crippen LogP contribution in [-0.4, -0.2) is 31.1 Å². The first-order valence-electron chi connectivity index (χ1n) is 9.19. The standard InChI is InChI=1S/C21H19NO7S/c1-4-27-20(25)15-11(3)16(21(26)28-5-2)30-18(15)22-17(23)13-10-12-8-6-7-9-14(12)29-19(13)24/h6-10H,4-5H2,1-3H3,(H,22,23). The van der Waals surface area contributed by atoms with E-state index in [9.17, 15) is 19.2 Å². The van der Waals surface area contributed by atoms with Gasteiger partial charge in [0, 0.05) is 5.39 Å². The van der Waals surface area contributed by atoms with Crippen molar-refractivity contribution < 1.29 is 28.3 Å². The van der Waals surface area contributed by atoms with E-state index in [4.69, 9.17) is 13.9 Å². The van der Waals surface area contributed by atoms with E-state index in [1.807, 2.05) is 0 Å². The maximum Gasteiger partial charge on any atom is 0.349 e. The van der Waals surface area contributed by atoms with Gasteiger partial charge in [-0.2, -0.15) is 0 Å². The second-order valence-electron chi connectivity index (χ2n) is 6.14. The lowest BCUT2D eigenvalue weighted by Crippen LogP contribution is -2.21. The molecule has 0 radical (unpaired) electrons. The van der Waals surface area contributed by atoms with Gasteiger partial charge < -0.3 is 19.2 Å². The van der Waals surface area contributed by atoms with Gasteiger partial charge in [0.05, 0.1) is 18.8 Å². The largest absolute Gasteiger partial charge is 0.462 e. The molecule has 0 aliphatic heterocycles. The van der Waals surface area contributed by atoms with E-state index in [1.165, 1.54) is 6.07 Å². The number of hydrogen-bond donors (Lipinski definition) is 1. The zero-order chi connectivity index (χ0) is 21.8. The summed E-state index contributed by atoms with van der Waals surface area (Å²) in [7, 11) is 0. The molecule has 9 heteroatoms. The summed E-state index contributed by atoms with van der Waals surface area (Å²) in [6, 6.07) is 8.19. The van der Waals surface area contributed by atoms with Gasteiger partial charge >= 0.3 is 17.6 Å². The van der Waals surface area contributed by atoms with E-state index in [-0.39, 0.29) is 34.2 Å². The summed E-state index contributed by atoms with van der Waals surface area (Å²) < 4.78 is 15.3. The molecule has 30 heavy (non-hydrogen) atoms. The van der Waals surface area contributed by atoms with E-state index in [2.05, 4.69) is 5.32 Å². The fourth-order valence-electron chi connectivity index (χ4n) is 2.83. The molecule has 0 unspecified atom stereocenters. The number of benzene rings is 1. The first-order valence-corrected chi connectivity index (χ1v) is 10.0. The number of fused-ring (bicyclic) bond motifs is 1. The number of carbonyl (C=O) groups excluding carboxylic acids is 3. The molecule has 156 valence electrons. The van der Waals surface area contributed by atoms with Gasteiger partial charge in [-0.05, 0) is 38.5 Å². The fourth-order valence-corrected chi connectivity index (χ4v) is 3.92. The van der Waals surface area contributed by atoms with Crippen molar-refractivity contribution in [1.82, 2.24) is 0 Å². The molecule has 0 bridgehead atoms. The molecule has 0 aliphatic carbocycles. The predicted molar refractivity (Wildman–Crippen MR) is 111 cm³/mol. The van der Waals surface area contributed by atoms with Crippen molar-refractivity contribution in [3.05, 3.63) is 62.3 Å². The molecule has 3 aromatic rings. The van der Waals surface area contributed by atoms with Crippen LogP contribution >= 0.6 is 11.3 Å². The highest BCUT2D eigenvalue weighted by Gasteiger charge is 2.28. The van der Waals surface area contributed by atoms with E-state index in [0.29, 0.717) is 16.5 Å². The number of rotatable bonds is 6. The number of amides is 1. The maximum atomic E-state index is 12.8. The molecule has 2 heterocycles. The Morgan fingerprint density at radius 3 is 2.43 bits per heavy atom. The highest BCUT2D eigenvalue weighted by Crippen LogP contribution is 2.34. The van der Waals surface area contributed by atoms with E-state index in [0.717, 1.165) is 11.3 Å². The van der Waals surface area contributed by atoms with E-state index in [1.54, 1.807) is 45.0 Å². The third-order valence-electron chi connectivity index (χ3n) is 4.20. The molecule has 1 N–H and O–H groups in total. The van der Waals surface area contributed by atoms with Crippen LogP contribution in [-0.2, 0) is 9.47 Å². The third kappa shape index (κ3) is 4.11. The van der Waals surface area contributed by atoms with Crippen molar-refractivity contribution in [3.63, 3.8) is 0 Å². The number of anilines is 1. The number of nitrogens with one attached hydrogen (secondary N) is 1. The van der Waals surface area contributed by atoms with Crippen molar-refractivity contribution in [2.45, 2.75) is 20.8 Å². The van der Waals surface area contributed by atoms with Crippen LogP contribution in [0.3, 0.4) is 0 Å². The van der Waals surface area contributed by atoms with Crippen molar-refractivity contribution in [3.8, 4) is 0 Å². The SMILES string of the molecule is CCOC(=O)c1sc(NC(=O)c2cc3ccccc3oc2=O)c(C(=O)OCC)c1C. The maximum absolute atomic E-state index is 12.8. The van der Waals surface area contributed by atoms with E-state index >= 15 is 0 Å². The van der Waals surface area contributed by atoms with Crippen LogP contribution < -0.4 is 10.9 Å². The molecule has 0 saturated carbocycles. The van der Waals surface area contributed by atoms with Crippen LogP contribution in [0.5, 0.6) is 0 Å². The van der Waals surface area contributed by atoms with Gasteiger partial charge in [-0.3, -0.25) is 4.79 Å². The monoisotopic (exact) mass is 429 g/mol. The molecular weight excluding hydrogens is 410 g/mol. The molecule has 8 nitrogen and oxygen atoms in total. The van der Waals surface area contributed by atoms with Crippen LogP contribution in [0.4, 0.5) is 5.00 Å². The van der Waals surface area contributed by atoms with Gasteiger partial charge in [0.15, 0.2) is 0 Å². The highest BCUT2D eigenvalue weighted by atomic mass is 32.1. The Labute approximate surface area is 175 Å². The number of ether oxygens (including phenoxy) is 2. The van der Waals surface area contributed by atoms with Crippen LogP contribution in [0.1, 0.15) is 49.8 Å². The molecule has 0 aliphatic rings. The summed E-state index contributed by atoms with van der Waals surface area (Å²) >= 11 is 0.881. The van der Waals surface area contributed by atoms with Gasteiger partial charge in [-0.1, -0.05) is 18.2 Å². The topological polar surface area (TPSA) is 112 Å². The van der Waals surface area contributed by atoms with Crippen molar-refractivity contribution in [2.24, 2.45) is 0 Å². The number of hydrogen-bond acceptors (Lipinski definition) is 8. The van der Waals surface area contributed by atoms with Gasteiger partial charge in [0.25, 0.3) is 5.91 Å². The van der Waals surface area contributed by atoms with Crippen LogP contribution in [0, 0.1) is 6.92 Å². The minimum atomic E-state index is -0.817. The lowest BCUT2D eigenvalue weighted by atomic mass is 10.1. The number of thiophene rings is 1. The summed E-state index contributed by atoms with van der Waals surface area (Å²) in [6.07, 6.45) is 0.